The molecule has 1 aliphatic rings. The Morgan fingerprint density at radius 1 is 1.29 bits per heavy atom. The van der Waals surface area contributed by atoms with Crippen molar-refractivity contribution in [2.75, 3.05) is 6.61 Å². The fourth-order valence-electron chi connectivity index (χ4n) is 2.61. The molecule has 0 aromatic heterocycles. The molecule has 114 valence electrons. The molecule has 5 heteroatoms. The Balaban J connectivity index is 2.04. The highest BCUT2D eigenvalue weighted by Crippen LogP contribution is 2.25. The minimum Gasteiger partial charge on any atom is -0.384 e. The fourth-order valence-corrected chi connectivity index (χ4v) is 4.38. The zero-order valence-electron chi connectivity index (χ0n) is 12.2. The Hall–Kier alpha value is -1.35. The Bertz CT molecular complexity index is 620. The molecule has 0 amide bonds. The minimum atomic E-state index is -3.24. The monoisotopic (exact) mass is 307 g/mol. The summed E-state index contributed by atoms with van der Waals surface area (Å²) in [5.74, 6) is 5.40. The van der Waals surface area contributed by atoms with Gasteiger partial charge >= 0.3 is 0 Å². The van der Waals surface area contributed by atoms with Crippen LogP contribution in [0.1, 0.15) is 49.8 Å². The van der Waals surface area contributed by atoms with Crippen molar-refractivity contribution < 1.29 is 13.5 Å². The number of sulfonamides is 1. The molecule has 1 saturated carbocycles. The highest BCUT2D eigenvalue weighted by atomic mass is 32.2. The molecule has 1 atom stereocenters. The van der Waals surface area contributed by atoms with E-state index >= 15 is 0 Å². The molecule has 0 radical (unpaired) electrons. The maximum atomic E-state index is 12.3. The number of aliphatic hydroxyl groups is 1. The molecule has 0 heterocycles. The Kier molecular flexibility index (Phi) is 5.40. The Morgan fingerprint density at radius 3 is 2.48 bits per heavy atom. The molecule has 0 bridgehead atoms. The summed E-state index contributed by atoms with van der Waals surface area (Å²) >= 11 is 0. The Labute approximate surface area is 126 Å². The van der Waals surface area contributed by atoms with Crippen LogP contribution in [-0.4, -0.2) is 25.4 Å². The van der Waals surface area contributed by atoms with Gasteiger partial charge in [-0.05, 0) is 37.5 Å². The highest BCUT2D eigenvalue weighted by molar-refractivity contribution is 7.90. The molecular formula is C16H21NO3S. The van der Waals surface area contributed by atoms with Gasteiger partial charge in [0.1, 0.15) is 6.61 Å². The van der Waals surface area contributed by atoms with E-state index in [4.69, 9.17) is 5.11 Å². The molecule has 4 nitrogen and oxygen atoms in total. The van der Waals surface area contributed by atoms with Gasteiger partial charge in [0.25, 0.3) is 0 Å². The third-order valence-corrected chi connectivity index (χ3v) is 5.84. The summed E-state index contributed by atoms with van der Waals surface area (Å²) in [6.07, 6.45) is 3.52. The van der Waals surface area contributed by atoms with E-state index in [0.717, 1.165) is 36.8 Å². The molecule has 21 heavy (non-hydrogen) atoms. The maximum Gasteiger partial charge on any atom is 0.215 e. The predicted molar refractivity (Wildman–Crippen MR) is 83.1 cm³/mol. The standard InChI is InChI=1S/C16H21NO3S/c1-13(17-21(19,20)16-6-2-3-7-16)15-10-8-14(9-11-15)5-4-12-18/h8-11,13,16-18H,2-3,6-7,12H2,1H3. The van der Waals surface area contributed by atoms with Crippen LogP contribution >= 0.6 is 0 Å². The van der Waals surface area contributed by atoms with E-state index in [1.54, 1.807) is 0 Å². The van der Waals surface area contributed by atoms with Gasteiger partial charge in [-0.3, -0.25) is 0 Å². The van der Waals surface area contributed by atoms with Gasteiger partial charge in [-0.15, -0.1) is 0 Å². The maximum absolute atomic E-state index is 12.3. The minimum absolute atomic E-state index is 0.167. The smallest absolute Gasteiger partial charge is 0.215 e. The lowest BCUT2D eigenvalue weighted by atomic mass is 10.1. The van der Waals surface area contributed by atoms with E-state index in [9.17, 15) is 8.42 Å². The van der Waals surface area contributed by atoms with Crippen LogP contribution in [0.3, 0.4) is 0 Å². The number of benzene rings is 1. The molecule has 1 aliphatic carbocycles. The van der Waals surface area contributed by atoms with Gasteiger partial charge in [0.05, 0.1) is 5.25 Å². The first-order valence-electron chi connectivity index (χ1n) is 7.24. The molecule has 1 aromatic rings. The van der Waals surface area contributed by atoms with E-state index in [-0.39, 0.29) is 17.9 Å². The van der Waals surface area contributed by atoms with Gasteiger partial charge in [-0.25, -0.2) is 13.1 Å². The van der Waals surface area contributed by atoms with Crippen LogP contribution in [0, 0.1) is 11.8 Å². The summed E-state index contributed by atoms with van der Waals surface area (Å²) in [7, 11) is -3.24. The number of nitrogens with one attached hydrogen (secondary N) is 1. The second-order valence-corrected chi connectivity index (χ2v) is 7.37. The van der Waals surface area contributed by atoms with Crippen LogP contribution in [0.25, 0.3) is 0 Å². The molecule has 2 N–H and O–H groups in total. The second-order valence-electron chi connectivity index (χ2n) is 5.37. The normalized spacial score (nSPS) is 17.2. The van der Waals surface area contributed by atoms with Gasteiger partial charge in [0.15, 0.2) is 0 Å². The van der Waals surface area contributed by atoms with Crippen molar-refractivity contribution in [3.05, 3.63) is 35.4 Å². The number of rotatable bonds is 4. The summed E-state index contributed by atoms with van der Waals surface area (Å²) in [5, 5.41) is 8.41. The molecule has 2 rings (SSSR count). The van der Waals surface area contributed by atoms with Gasteiger partial charge in [-0.1, -0.05) is 36.8 Å². The summed E-state index contributed by atoms with van der Waals surface area (Å²) in [4.78, 5) is 0. The molecule has 0 saturated heterocycles. The van der Waals surface area contributed by atoms with Crippen molar-refractivity contribution in [2.45, 2.75) is 43.9 Å². The predicted octanol–water partition coefficient (Wildman–Crippen LogP) is 1.95. The lowest BCUT2D eigenvalue weighted by molar-refractivity contribution is 0.350. The van der Waals surface area contributed by atoms with Crippen LogP contribution in [0.5, 0.6) is 0 Å². The third-order valence-electron chi connectivity index (χ3n) is 3.80. The molecule has 0 spiro atoms. The number of aliphatic hydroxyl groups excluding tert-OH is 1. The van der Waals surface area contributed by atoms with Crippen LogP contribution in [0.15, 0.2) is 24.3 Å². The topological polar surface area (TPSA) is 66.4 Å². The van der Waals surface area contributed by atoms with Crippen molar-refractivity contribution >= 4 is 10.0 Å². The molecular weight excluding hydrogens is 286 g/mol. The molecule has 1 aromatic carbocycles. The van der Waals surface area contributed by atoms with Crippen LogP contribution in [0.2, 0.25) is 0 Å². The van der Waals surface area contributed by atoms with Crippen molar-refractivity contribution in [3.8, 4) is 11.8 Å². The summed E-state index contributed by atoms with van der Waals surface area (Å²) in [5.41, 5.74) is 1.71. The highest BCUT2D eigenvalue weighted by Gasteiger charge is 2.29. The summed E-state index contributed by atoms with van der Waals surface area (Å²) in [6.45, 7) is 1.68. The zero-order chi connectivity index (χ0) is 15.3. The zero-order valence-corrected chi connectivity index (χ0v) is 13.0. The first-order valence-corrected chi connectivity index (χ1v) is 8.78. The Morgan fingerprint density at radius 2 is 1.90 bits per heavy atom. The van der Waals surface area contributed by atoms with E-state index in [2.05, 4.69) is 16.6 Å². The lowest BCUT2D eigenvalue weighted by Crippen LogP contribution is -2.34. The van der Waals surface area contributed by atoms with Crippen molar-refractivity contribution in [2.24, 2.45) is 0 Å². The van der Waals surface area contributed by atoms with Crippen molar-refractivity contribution in [1.29, 1.82) is 0 Å². The van der Waals surface area contributed by atoms with E-state index < -0.39 is 10.0 Å². The van der Waals surface area contributed by atoms with Gasteiger partial charge in [-0.2, -0.15) is 0 Å². The average Bonchev–Trinajstić information content (AvgIpc) is 3.00. The molecule has 1 unspecified atom stereocenters. The van der Waals surface area contributed by atoms with E-state index in [1.165, 1.54) is 0 Å². The van der Waals surface area contributed by atoms with Crippen molar-refractivity contribution in [3.63, 3.8) is 0 Å². The fraction of sp³-hybridized carbons (Fsp3) is 0.500. The number of hydrogen-bond donors (Lipinski definition) is 2. The first-order chi connectivity index (χ1) is 10.0. The van der Waals surface area contributed by atoms with Crippen LogP contribution in [0.4, 0.5) is 0 Å². The molecule has 0 aliphatic heterocycles. The van der Waals surface area contributed by atoms with E-state index in [1.807, 2.05) is 31.2 Å². The average molecular weight is 307 g/mol. The van der Waals surface area contributed by atoms with Crippen LogP contribution < -0.4 is 4.72 Å². The quantitative estimate of drug-likeness (QED) is 0.836. The molecule has 1 fully saturated rings. The summed E-state index contributed by atoms with van der Waals surface area (Å²) < 4.78 is 27.3. The first kappa shape index (κ1) is 16.0. The van der Waals surface area contributed by atoms with Gasteiger partial charge < -0.3 is 5.11 Å². The van der Waals surface area contributed by atoms with Crippen LogP contribution in [-0.2, 0) is 10.0 Å². The van der Waals surface area contributed by atoms with Gasteiger partial charge in [0, 0.05) is 11.6 Å². The van der Waals surface area contributed by atoms with Crippen molar-refractivity contribution in [1.82, 2.24) is 4.72 Å². The number of hydrogen-bond acceptors (Lipinski definition) is 3. The van der Waals surface area contributed by atoms with Gasteiger partial charge in [0.2, 0.25) is 10.0 Å². The van der Waals surface area contributed by atoms with E-state index in [0.29, 0.717) is 0 Å². The largest absolute Gasteiger partial charge is 0.384 e. The lowest BCUT2D eigenvalue weighted by Gasteiger charge is -2.18. The SMILES string of the molecule is CC(NS(=O)(=O)C1CCCC1)c1ccc(C#CCO)cc1. The third kappa shape index (κ3) is 4.31. The summed E-state index contributed by atoms with van der Waals surface area (Å²) in [6, 6.07) is 7.14. The second kappa shape index (κ2) is 7.08.